The molecule has 0 aromatic heterocycles. The topological polar surface area (TPSA) is 0 Å². The normalized spacial score (nSPS) is 28.8. The molecule has 0 aliphatic heterocycles. The molecule has 0 saturated carbocycles. The molecule has 0 spiro atoms. The molecule has 67 valence electrons. The molecule has 0 heteroatoms. The van der Waals surface area contributed by atoms with Crippen molar-refractivity contribution in [1.29, 1.82) is 0 Å². The van der Waals surface area contributed by atoms with E-state index in [0.29, 0.717) is 5.41 Å². The molecule has 1 unspecified atom stereocenters. The van der Waals surface area contributed by atoms with Crippen LogP contribution in [0.15, 0.2) is 23.8 Å². The van der Waals surface area contributed by atoms with Crippen LogP contribution in [0.4, 0.5) is 0 Å². The van der Waals surface area contributed by atoms with Crippen molar-refractivity contribution in [2.45, 2.75) is 40.0 Å². The first-order valence-electron chi connectivity index (χ1n) is 4.88. The standard InChI is InChI=1S/C12H19/c1-4-5-8-12(3)9-6-7-11(2)10-12/h6-7,9-10H,4-5,8H2,1-3H3. The molecule has 1 rings (SSSR count). The fourth-order valence-corrected chi connectivity index (χ4v) is 1.75. The molecular formula is C12H19. The van der Waals surface area contributed by atoms with Gasteiger partial charge in [-0.25, -0.2) is 0 Å². The maximum atomic E-state index is 2.38. The van der Waals surface area contributed by atoms with Crippen molar-refractivity contribution in [2.75, 3.05) is 0 Å². The zero-order chi connectivity index (χ0) is 9.03. The van der Waals surface area contributed by atoms with Gasteiger partial charge in [0.05, 0.1) is 0 Å². The van der Waals surface area contributed by atoms with E-state index in [1.54, 1.807) is 0 Å². The fourth-order valence-electron chi connectivity index (χ4n) is 1.75. The number of hydrogen-bond acceptors (Lipinski definition) is 0. The minimum atomic E-state index is 0.328. The Balaban J connectivity index is 2.51. The summed E-state index contributed by atoms with van der Waals surface area (Å²) in [5, 5.41) is 0. The average Bonchev–Trinajstić information content (AvgIpc) is 2.01. The largest absolute Gasteiger partial charge is 0.0780 e. The zero-order valence-electron chi connectivity index (χ0n) is 8.43. The first-order valence-corrected chi connectivity index (χ1v) is 4.88. The zero-order valence-corrected chi connectivity index (χ0v) is 8.43. The van der Waals surface area contributed by atoms with Crippen molar-refractivity contribution in [2.24, 2.45) is 5.41 Å². The van der Waals surface area contributed by atoms with Crippen LogP contribution < -0.4 is 0 Å². The summed E-state index contributed by atoms with van der Waals surface area (Å²) < 4.78 is 0. The molecule has 12 heavy (non-hydrogen) atoms. The Kier molecular flexibility index (Phi) is 3.13. The van der Waals surface area contributed by atoms with E-state index in [2.05, 4.69) is 45.4 Å². The quantitative estimate of drug-likeness (QED) is 0.592. The number of rotatable bonds is 3. The second kappa shape index (κ2) is 3.93. The lowest BCUT2D eigenvalue weighted by molar-refractivity contribution is 0.442. The van der Waals surface area contributed by atoms with Crippen LogP contribution >= 0.6 is 0 Å². The lowest BCUT2D eigenvalue weighted by Gasteiger charge is -2.28. The molecule has 0 N–H and O–H groups in total. The lowest BCUT2D eigenvalue weighted by Crippen LogP contribution is -2.16. The van der Waals surface area contributed by atoms with Gasteiger partial charge in [0.2, 0.25) is 0 Å². The van der Waals surface area contributed by atoms with Crippen LogP contribution in [-0.2, 0) is 0 Å². The van der Waals surface area contributed by atoms with Crippen molar-refractivity contribution in [1.82, 2.24) is 0 Å². The van der Waals surface area contributed by atoms with Crippen molar-refractivity contribution < 1.29 is 0 Å². The van der Waals surface area contributed by atoms with Crippen LogP contribution in [0.1, 0.15) is 40.0 Å². The van der Waals surface area contributed by atoms with Crippen LogP contribution in [-0.4, -0.2) is 0 Å². The summed E-state index contributed by atoms with van der Waals surface area (Å²) in [7, 11) is 0. The second-order valence-electron chi connectivity index (χ2n) is 4.02. The first-order chi connectivity index (χ1) is 5.66. The van der Waals surface area contributed by atoms with E-state index < -0.39 is 0 Å². The molecule has 0 amide bonds. The lowest BCUT2D eigenvalue weighted by atomic mass is 9.77. The van der Waals surface area contributed by atoms with E-state index in [9.17, 15) is 0 Å². The Morgan fingerprint density at radius 2 is 2.17 bits per heavy atom. The molecule has 0 nitrogen and oxygen atoms in total. The van der Waals surface area contributed by atoms with Crippen molar-refractivity contribution in [3.63, 3.8) is 0 Å². The van der Waals surface area contributed by atoms with Gasteiger partial charge < -0.3 is 0 Å². The van der Waals surface area contributed by atoms with Crippen LogP contribution in [0.2, 0.25) is 0 Å². The SMILES string of the molecule is CCCCC1(C)[CH]C(C)=CC=C1. The molecular weight excluding hydrogens is 144 g/mol. The minimum Gasteiger partial charge on any atom is -0.0780 e. The predicted molar refractivity (Wildman–Crippen MR) is 54.8 cm³/mol. The van der Waals surface area contributed by atoms with E-state index >= 15 is 0 Å². The maximum absolute atomic E-state index is 2.38. The van der Waals surface area contributed by atoms with Crippen molar-refractivity contribution >= 4 is 0 Å². The van der Waals surface area contributed by atoms with E-state index in [1.165, 1.54) is 24.8 Å². The summed E-state index contributed by atoms with van der Waals surface area (Å²) in [6.07, 6.45) is 13.0. The van der Waals surface area contributed by atoms with Gasteiger partial charge in [0, 0.05) is 0 Å². The predicted octanol–water partition coefficient (Wildman–Crippen LogP) is 3.90. The third-order valence-corrected chi connectivity index (χ3v) is 2.46. The summed E-state index contributed by atoms with van der Waals surface area (Å²) in [4.78, 5) is 0. The monoisotopic (exact) mass is 163 g/mol. The van der Waals surface area contributed by atoms with Crippen LogP contribution in [0.3, 0.4) is 0 Å². The van der Waals surface area contributed by atoms with Gasteiger partial charge >= 0.3 is 0 Å². The second-order valence-corrected chi connectivity index (χ2v) is 4.02. The number of allylic oxidation sites excluding steroid dienone is 4. The highest BCUT2D eigenvalue weighted by molar-refractivity contribution is 5.30. The summed E-state index contributed by atoms with van der Waals surface area (Å²) in [5.41, 5.74) is 1.73. The fraction of sp³-hybridized carbons (Fsp3) is 0.583. The van der Waals surface area contributed by atoms with Gasteiger partial charge in [-0.05, 0) is 25.2 Å². The molecule has 0 bridgehead atoms. The average molecular weight is 163 g/mol. The smallest absolute Gasteiger partial charge is 0.00403 e. The Hall–Kier alpha value is -0.520. The van der Waals surface area contributed by atoms with E-state index in [1.807, 2.05) is 0 Å². The number of unbranched alkanes of at least 4 members (excludes halogenated alkanes) is 1. The molecule has 1 atom stereocenters. The Morgan fingerprint density at radius 1 is 1.42 bits per heavy atom. The maximum Gasteiger partial charge on any atom is -0.00403 e. The Bertz CT molecular complexity index is 198. The molecule has 1 radical (unpaired) electrons. The third kappa shape index (κ3) is 2.51. The summed E-state index contributed by atoms with van der Waals surface area (Å²) >= 11 is 0. The van der Waals surface area contributed by atoms with Crippen molar-refractivity contribution in [3.05, 3.63) is 30.2 Å². The molecule has 0 aromatic rings. The minimum absolute atomic E-state index is 0.328. The Morgan fingerprint density at radius 3 is 2.75 bits per heavy atom. The third-order valence-electron chi connectivity index (χ3n) is 2.46. The molecule has 0 aromatic carbocycles. The van der Waals surface area contributed by atoms with Gasteiger partial charge in [-0.2, -0.15) is 0 Å². The van der Waals surface area contributed by atoms with E-state index in [-0.39, 0.29) is 0 Å². The highest BCUT2D eigenvalue weighted by Crippen LogP contribution is 2.34. The van der Waals surface area contributed by atoms with Crippen molar-refractivity contribution in [3.8, 4) is 0 Å². The molecule has 0 fully saturated rings. The first kappa shape index (κ1) is 9.57. The molecule has 1 aliphatic rings. The molecule has 0 heterocycles. The van der Waals surface area contributed by atoms with Gasteiger partial charge in [-0.3, -0.25) is 0 Å². The molecule has 1 aliphatic carbocycles. The van der Waals surface area contributed by atoms with Crippen LogP contribution in [0.25, 0.3) is 0 Å². The summed E-state index contributed by atoms with van der Waals surface area (Å²) in [5.74, 6) is 0. The van der Waals surface area contributed by atoms with Crippen LogP contribution in [0.5, 0.6) is 0 Å². The number of hydrogen-bond donors (Lipinski definition) is 0. The van der Waals surface area contributed by atoms with Gasteiger partial charge in [0.25, 0.3) is 0 Å². The van der Waals surface area contributed by atoms with Gasteiger partial charge in [0.1, 0.15) is 0 Å². The van der Waals surface area contributed by atoms with Gasteiger partial charge in [-0.1, -0.05) is 50.5 Å². The molecule has 0 saturated heterocycles. The van der Waals surface area contributed by atoms with Gasteiger partial charge in [0.15, 0.2) is 0 Å². The highest BCUT2D eigenvalue weighted by atomic mass is 14.3. The summed E-state index contributed by atoms with van der Waals surface area (Å²) in [6.45, 7) is 6.74. The van der Waals surface area contributed by atoms with Crippen LogP contribution in [0, 0.1) is 11.8 Å². The van der Waals surface area contributed by atoms with Gasteiger partial charge in [-0.15, -0.1) is 0 Å². The summed E-state index contributed by atoms with van der Waals surface area (Å²) in [6, 6.07) is 0. The Labute approximate surface area is 76.4 Å². The van der Waals surface area contributed by atoms with E-state index in [0.717, 1.165) is 0 Å². The highest BCUT2D eigenvalue weighted by Gasteiger charge is 2.22. The van der Waals surface area contributed by atoms with E-state index in [4.69, 9.17) is 0 Å².